The number of aromatic amines is 1. The van der Waals surface area contributed by atoms with Crippen LogP contribution in [-0.2, 0) is 6.54 Å². The molecule has 2 rings (SSSR count). The number of nitrogens with one attached hydrogen (secondary N) is 2. The van der Waals surface area contributed by atoms with Gasteiger partial charge in [0.15, 0.2) is 0 Å². The first-order valence-corrected chi connectivity index (χ1v) is 6.65. The van der Waals surface area contributed by atoms with Crippen molar-refractivity contribution in [3.05, 3.63) is 41.6 Å². The molecule has 1 aromatic heterocycles. The number of aryl methyl sites for hydroxylation is 1. The first-order valence-electron chi connectivity index (χ1n) is 6.65. The predicted molar refractivity (Wildman–Crippen MR) is 76.8 cm³/mol. The fourth-order valence-electron chi connectivity index (χ4n) is 2.03. The smallest absolute Gasteiger partial charge is 0.0695 e. The average molecular weight is 259 g/mol. The van der Waals surface area contributed by atoms with Gasteiger partial charge in [-0.3, -0.25) is 5.10 Å². The minimum atomic E-state index is -0.256. The lowest BCUT2D eigenvalue weighted by Crippen LogP contribution is -2.18. The molecule has 4 nitrogen and oxygen atoms in total. The first-order chi connectivity index (χ1) is 9.16. The highest BCUT2D eigenvalue weighted by atomic mass is 16.3. The van der Waals surface area contributed by atoms with Crippen LogP contribution in [0.3, 0.4) is 0 Å². The van der Waals surface area contributed by atoms with Crippen LogP contribution in [0.2, 0.25) is 0 Å². The minimum Gasteiger partial charge on any atom is -0.393 e. The maximum Gasteiger partial charge on any atom is 0.0695 e. The van der Waals surface area contributed by atoms with Crippen LogP contribution >= 0.6 is 0 Å². The summed E-state index contributed by atoms with van der Waals surface area (Å²) in [6, 6.07) is 8.36. The third-order valence-electron chi connectivity index (χ3n) is 3.08. The van der Waals surface area contributed by atoms with Crippen molar-refractivity contribution in [3.8, 4) is 11.3 Å². The number of benzene rings is 1. The van der Waals surface area contributed by atoms with E-state index in [1.807, 2.05) is 6.20 Å². The zero-order valence-electron chi connectivity index (χ0n) is 11.5. The molecule has 0 spiro atoms. The van der Waals surface area contributed by atoms with E-state index in [1.165, 1.54) is 5.56 Å². The van der Waals surface area contributed by atoms with Gasteiger partial charge in [0.25, 0.3) is 0 Å². The summed E-state index contributed by atoms with van der Waals surface area (Å²) in [7, 11) is 0. The predicted octanol–water partition coefficient (Wildman–Crippen LogP) is 2.25. The zero-order chi connectivity index (χ0) is 13.7. The highest BCUT2D eigenvalue weighted by Gasteiger charge is 2.07. The largest absolute Gasteiger partial charge is 0.393 e. The molecular formula is C15H21N3O. The van der Waals surface area contributed by atoms with Crippen LogP contribution in [0, 0.1) is 6.92 Å². The van der Waals surface area contributed by atoms with Gasteiger partial charge in [-0.2, -0.15) is 5.10 Å². The van der Waals surface area contributed by atoms with E-state index in [4.69, 9.17) is 0 Å². The summed E-state index contributed by atoms with van der Waals surface area (Å²) in [6.07, 6.45) is 2.36. The average Bonchev–Trinajstić information content (AvgIpc) is 2.83. The van der Waals surface area contributed by atoms with Gasteiger partial charge in [0, 0.05) is 17.7 Å². The molecule has 0 amide bonds. The van der Waals surface area contributed by atoms with Crippen LogP contribution in [0.4, 0.5) is 0 Å². The van der Waals surface area contributed by atoms with Gasteiger partial charge in [0.1, 0.15) is 0 Å². The Morgan fingerprint density at radius 3 is 3.00 bits per heavy atom. The monoisotopic (exact) mass is 259 g/mol. The summed E-state index contributed by atoms with van der Waals surface area (Å²) >= 11 is 0. The Morgan fingerprint density at radius 1 is 1.42 bits per heavy atom. The number of H-pyrrole nitrogens is 1. The van der Waals surface area contributed by atoms with E-state index >= 15 is 0 Å². The molecule has 0 bridgehead atoms. The summed E-state index contributed by atoms with van der Waals surface area (Å²) < 4.78 is 0. The summed E-state index contributed by atoms with van der Waals surface area (Å²) in [6.45, 7) is 5.45. The first kappa shape index (κ1) is 13.8. The van der Waals surface area contributed by atoms with Gasteiger partial charge in [0.05, 0.1) is 18.0 Å². The number of hydrogen-bond donors (Lipinski definition) is 3. The summed E-state index contributed by atoms with van der Waals surface area (Å²) in [5, 5.41) is 19.7. The van der Waals surface area contributed by atoms with E-state index < -0.39 is 0 Å². The zero-order valence-corrected chi connectivity index (χ0v) is 11.5. The van der Waals surface area contributed by atoms with Crippen LogP contribution in [0.5, 0.6) is 0 Å². The number of aliphatic hydroxyl groups is 1. The third kappa shape index (κ3) is 3.91. The Morgan fingerprint density at radius 2 is 2.26 bits per heavy atom. The lowest BCUT2D eigenvalue weighted by Gasteiger charge is -2.07. The maximum absolute atomic E-state index is 9.21. The van der Waals surface area contributed by atoms with Crippen molar-refractivity contribution in [2.45, 2.75) is 32.9 Å². The van der Waals surface area contributed by atoms with Gasteiger partial charge in [0.2, 0.25) is 0 Å². The van der Waals surface area contributed by atoms with Crippen molar-refractivity contribution < 1.29 is 5.11 Å². The van der Waals surface area contributed by atoms with E-state index in [-0.39, 0.29) is 6.10 Å². The van der Waals surface area contributed by atoms with E-state index in [9.17, 15) is 5.11 Å². The summed E-state index contributed by atoms with van der Waals surface area (Å²) in [5.41, 5.74) is 4.61. The second-order valence-electron chi connectivity index (χ2n) is 4.95. The van der Waals surface area contributed by atoms with E-state index in [0.29, 0.717) is 0 Å². The Hall–Kier alpha value is -1.65. The van der Waals surface area contributed by atoms with Crippen molar-refractivity contribution in [2.75, 3.05) is 6.54 Å². The number of rotatable bonds is 6. The molecule has 19 heavy (non-hydrogen) atoms. The standard InChI is InChI=1S/C15H21N3O/c1-11-4-3-5-13(8-11)15-14(10-17-18-15)9-16-7-6-12(2)19/h3-5,8,10,12,16,19H,6-7,9H2,1-2H3,(H,17,18). The normalized spacial score (nSPS) is 12.6. The molecule has 0 aliphatic carbocycles. The molecular weight excluding hydrogens is 238 g/mol. The molecule has 0 aliphatic rings. The number of nitrogens with zero attached hydrogens (tertiary/aromatic N) is 1. The molecule has 2 aromatic rings. The molecule has 1 unspecified atom stereocenters. The molecule has 0 saturated carbocycles. The molecule has 4 heteroatoms. The molecule has 0 aliphatic heterocycles. The van der Waals surface area contributed by atoms with Gasteiger partial charge < -0.3 is 10.4 Å². The Labute approximate surface area is 113 Å². The van der Waals surface area contributed by atoms with Gasteiger partial charge in [-0.05, 0) is 32.9 Å². The van der Waals surface area contributed by atoms with Crippen molar-refractivity contribution in [3.63, 3.8) is 0 Å². The topological polar surface area (TPSA) is 60.9 Å². The van der Waals surface area contributed by atoms with Crippen molar-refractivity contribution >= 4 is 0 Å². The molecule has 1 aromatic carbocycles. The van der Waals surface area contributed by atoms with Crippen LogP contribution in [0.1, 0.15) is 24.5 Å². The quantitative estimate of drug-likeness (QED) is 0.697. The molecule has 3 N–H and O–H groups in total. The highest BCUT2D eigenvalue weighted by molar-refractivity contribution is 5.63. The minimum absolute atomic E-state index is 0.256. The van der Waals surface area contributed by atoms with E-state index in [2.05, 4.69) is 46.7 Å². The molecule has 0 radical (unpaired) electrons. The molecule has 0 saturated heterocycles. The van der Waals surface area contributed by atoms with Crippen molar-refractivity contribution in [1.82, 2.24) is 15.5 Å². The van der Waals surface area contributed by atoms with E-state index in [0.717, 1.165) is 36.3 Å². The fourth-order valence-corrected chi connectivity index (χ4v) is 2.03. The Bertz CT molecular complexity index is 520. The van der Waals surface area contributed by atoms with Crippen LogP contribution in [-0.4, -0.2) is 28.0 Å². The number of aromatic nitrogens is 2. The van der Waals surface area contributed by atoms with Gasteiger partial charge in [-0.25, -0.2) is 0 Å². The molecule has 0 fully saturated rings. The van der Waals surface area contributed by atoms with Crippen LogP contribution in [0.25, 0.3) is 11.3 Å². The Balaban J connectivity index is 2.02. The van der Waals surface area contributed by atoms with Gasteiger partial charge >= 0.3 is 0 Å². The van der Waals surface area contributed by atoms with Crippen molar-refractivity contribution in [1.29, 1.82) is 0 Å². The third-order valence-corrected chi connectivity index (χ3v) is 3.08. The fraction of sp³-hybridized carbons (Fsp3) is 0.400. The summed E-state index contributed by atoms with van der Waals surface area (Å²) in [5.74, 6) is 0. The van der Waals surface area contributed by atoms with Crippen LogP contribution < -0.4 is 5.32 Å². The SMILES string of the molecule is Cc1cccc(-c2[nH]ncc2CNCCC(C)O)c1. The number of aliphatic hydroxyl groups excluding tert-OH is 1. The highest BCUT2D eigenvalue weighted by Crippen LogP contribution is 2.21. The molecule has 102 valence electrons. The second-order valence-corrected chi connectivity index (χ2v) is 4.95. The van der Waals surface area contributed by atoms with Gasteiger partial charge in [-0.15, -0.1) is 0 Å². The number of hydrogen-bond acceptors (Lipinski definition) is 3. The Kier molecular flexibility index (Phi) is 4.71. The molecule has 1 heterocycles. The van der Waals surface area contributed by atoms with Crippen LogP contribution in [0.15, 0.2) is 30.5 Å². The lowest BCUT2D eigenvalue weighted by atomic mass is 10.1. The van der Waals surface area contributed by atoms with Gasteiger partial charge in [-0.1, -0.05) is 23.8 Å². The van der Waals surface area contributed by atoms with E-state index in [1.54, 1.807) is 6.92 Å². The second kappa shape index (κ2) is 6.50. The lowest BCUT2D eigenvalue weighted by molar-refractivity contribution is 0.183. The molecule has 1 atom stereocenters. The maximum atomic E-state index is 9.21. The van der Waals surface area contributed by atoms with Crippen molar-refractivity contribution in [2.24, 2.45) is 0 Å². The summed E-state index contributed by atoms with van der Waals surface area (Å²) in [4.78, 5) is 0.